The van der Waals surface area contributed by atoms with Crippen molar-refractivity contribution in [1.29, 1.82) is 0 Å². The highest BCUT2D eigenvalue weighted by Crippen LogP contribution is 2.02. The fourth-order valence-corrected chi connectivity index (χ4v) is 1.96. The molecule has 5 heteroatoms. The van der Waals surface area contributed by atoms with Gasteiger partial charge < -0.3 is 5.32 Å². The monoisotopic (exact) mass is 320 g/mol. The highest BCUT2D eigenvalue weighted by molar-refractivity contribution is 5.71. The highest BCUT2D eigenvalue weighted by Gasteiger charge is 1.98. The largest absolute Gasteiger partial charge is 0.305 e. The predicted octanol–water partition coefficient (Wildman–Crippen LogP) is 2.97. The molecule has 0 spiro atoms. The second kappa shape index (κ2) is 9.97. The van der Waals surface area contributed by atoms with Crippen LogP contribution in [0.3, 0.4) is 0 Å². The molecule has 1 N–H and O–H groups in total. The minimum atomic E-state index is 0.479. The Morgan fingerprint density at radius 1 is 0.875 bits per heavy atom. The zero-order chi connectivity index (χ0) is 17.0. The number of carbonyl (C=O) groups excluding carboxylic acids is 1. The van der Waals surface area contributed by atoms with Crippen LogP contribution in [0.2, 0.25) is 0 Å². The average Bonchev–Trinajstić information content (AvgIpc) is 2.65. The second-order valence-corrected chi connectivity index (χ2v) is 5.06. The summed E-state index contributed by atoms with van der Waals surface area (Å²) in [5, 5.41) is 3.33. The SMILES string of the molecule is Cc1cccnc1CNCc1ccccn1.O=Cc1ccccn1. The van der Waals surface area contributed by atoms with Gasteiger partial charge >= 0.3 is 0 Å². The summed E-state index contributed by atoms with van der Waals surface area (Å²) >= 11 is 0. The van der Waals surface area contributed by atoms with Crippen molar-refractivity contribution in [3.8, 4) is 0 Å². The molecule has 3 aromatic heterocycles. The van der Waals surface area contributed by atoms with Gasteiger partial charge in [0.05, 0.1) is 11.4 Å². The summed E-state index contributed by atoms with van der Waals surface area (Å²) in [5.41, 5.74) is 3.85. The van der Waals surface area contributed by atoms with Gasteiger partial charge in [-0.25, -0.2) is 0 Å². The van der Waals surface area contributed by atoms with Crippen molar-refractivity contribution >= 4 is 6.29 Å². The molecule has 0 aliphatic carbocycles. The molecule has 0 atom stereocenters. The van der Waals surface area contributed by atoms with Crippen LogP contribution in [-0.4, -0.2) is 21.2 Å². The van der Waals surface area contributed by atoms with Gasteiger partial charge in [0.15, 0.2) is 6.29 Å². The Labute approximate surface area is 141 Å². The molecule has 122 valence electrons. The molecule has 0 amide bonds. The van der Waals surface area contributed by atoms with Crippen molar-refractivity contribution in [1.82, 2.24) is 20.3 Å². The lowest BCUT2D eigenvalue weighted by atomic mass is 10.2. The molecule has 0 unspecified atom stereocenters. The third-order valence-electron chi connectivity index (χ3n) is 3.25. The number of aromatic nitrogens is 3. The van der Waals surface area contributed by atoms with E-state index in [1.165, 1.54) is 5.56 Å². The van der Waals surface area contributed by atoms with Crippen molar-refractivity contribution in [2.24, 2.45) is 0 Å². The molecule has 3 rings (SSSR count). The van der Waals surface area contributed by atoms with E-state index in [4.69, 9.17) is 0 Å². The molecule has 5 nitrogen and oxygen atoms in total. The maximum Gasteiger partial charge on any atom is 0.168 e. The minimum absolute atomic E-state index is 0.479. The van der Waals surface area contributed by atoms with E-state index in [1.807, 2.05) is 36.7 Å². The Morgan fingerprint density at radius 2 is 1.62 bits per heavy atom. The number of aldehydes is 1. The van der Waals surface area contributed by atoms with Crippen LogP contribution in [0, 0.1) is 6.92 Å². The lowest BCUT2D eigenvalue weighted by molar-refractivity contribution is 0.111. The van der Waals surface area contributed by atoms with Crippen LogP contribution in [0.15, 0.2) is 67.1 Å². The van der Waals surface area contributed by atoms with Gasteiger partial charge in [0.25, 0.3) is 0 Å². The summed E-state index contributed by atoms with van der Waals surface area (Å²) in [5.74, 6) is 0. The summed E-state index contributed by atoms with van der Waals surface area (Å²) < 4.78 is 0. The van der Waals surface area contributed by atoms with Crippen molar-refractivity contribution in [2.45, 2.75) is 20.0 Å². The summed E-state index contributed by atoms with van der Waals surface area (Å²) in [7, 11) is 0. The van der Waals surface area contributed by atoms with Gasteiger partial charge in [0.2, 0.25) is 0 Å². The topological polar surface area (TPSA) is 67.8 Å². The number of nitrogens with zero attached hydrogens (tertiary/aromatic N) is 3. The Hall–Kier alpha value is -2.92. The highest BCUT2D eigenvalue weighted by atomic mass is 16.1. The molecule has 3 heterocycles. The van der Waals surface area contributed by atoms with Crippen molar-refractivity contribution in [3.63, 3.8) is 0 Å². The van der Waals surface area contributed by atoms with Crippen LogP contribution >= 0.6 is 0 Å². The third kappa shape index (κ3) is 6.06. The molecule has 0 bridgehead atoms. The molecule has 0 radical (unpaired) electrons. The number of aryl methyl sites for hydroxylation is 1. The van der Waals surface area contributed by atoms with E-state index in [-0.39, 0.29) is 0 Å². The van der Waals surface area contributed by atoms with Gasteiger partial charge in [-0.15, -0.1) is 0 Å². The van der Waals surface area contributed by atoms with E-state index in [0.29, 0.717) is 5.69 Å². The van der Waals surface area contributed by atoms with E-state index in [1.54, 1.807) is 24.4 Å². The first-order valence-electron chi connectivity index (χ1n) is 7.67. The summed E-state index contributed by atoms with van der Waals surface area (Å²) in [6, 6.07) is 15.2. The van der Waals surface area contributed by atoms with Gasteiger partial charge in [-0.3, -0.25) is 19.7 Å². The fourth-order valence-electron chi connectivity index (χ4n) is 1.96. The lowest BCUT2D eigenvalue weighted by Gasteiger charge is -2.05. The van der Waals surface area contributed by atoms with Crippen LogP contribution in [0.5, 0.6) is 0 Å². The first-order chi connectivity index (χ1) is 11.8. The number of hydrogen-bond acceptors (Lipinski definition) is 5. The van der Waals surface area contributed by atoms with Gasteiger partial charge in [0.1, 0.15) is 5.69 Å². The molecule has 3 aromatic rings. The molecule has 0 fully saturated rings. The smallest absolute Gasteiger partial charge is 0.168 e. The number of nitrogens with one attached hydrogen (secondary N) is 1. The van der Waals surface area contributed by atoms with Crippen LogP contribution in [-0.2, 0) is 13.1 Å². The van der Waals surface area contributed by atoms with Crippen LogP contribution in [0.4, 0.5) is 0 Å². The zero-order valence-corrected chi connectivity index (χ0v) is 13.6. The van der Waals surface area contributed by atoms with Crippen LogP contribution in [0.1, 0.15) is 27.4 Å². The molecule has 0 aliphatic rings. The van der Waals surface area contributed by atoms with Crippen LogP contribution < -0.4 is 5.32 Å². The summed E-state index contributed by atoms with van der Waals surface area (Å²) in [4.78, 5) is 22.2. The Morgan fingerprint density at radius 3 is 2.21 bits per heavy atom. The van der Waals surface area contributed by atoms with E-state index in [2.05, 4.69) is 33.3 Å². The van der Waals surface area contributed by atoms with Crippen LogP contribution in [0.25, 0.3) is 0 Å². The third-order valence-corrected chi connectivity index (χ3v) is 3.25. The first kappa shape index (κ1) is 17.4. The Kier molecular flexibility index (Phi) is 7.24. The maximum atomic E-state index is 9.94. The molecule has 0 aliphatic heterocycles. The van der Waals surface area contributed by atoms with Gasteiger partial charge in [0, 0.05) is 31.7 Å². The van der Waals surface area contributed by atoms with E-state index in [9.17, 15) is 4.79 Å². The first-order valence-corrected chi connectivity index (χ1v) is 7.67. The number of pyridine rings is 3. The zero-order valence-electron chi connectivity index (χ0n) is 13.6. The normalized spacial score (nSPS) is 9.71. The predicted molar refractivity (Wildman–Crippen MR) is 93.4 cm³/mol. The van der Waals surface area contributed by atoms with Gasteiger partial charge in [-0.1, -0.05) is 18.2 Å². The molecule has 0 saturated heterocycles. The molecule has 0 saturated carbocycles. The summed E-state index contributed by atoms with van der Waals surface area (Å²) in [6.07, 6.45) is 5.94. The van der Waals surface area contributed by atoms with Crippen molar-refractivity contribution < 1.29 is 4.79 Å². The fraction of sp³-hybridized carbons (Fsp3) is 0.158. The minimum Gasteiger partial charge on any atom is -0.305 e. The standard InChI is InChI=1S/C13H15N3.C6H5NO/c1-11-5-4-8-16-13(11)10-14-9-12-6-2-3-7-15-12;8-5-6-3-1-2-4-7-6/h2-8,14H,9-10H2,1H3;1-5H. The van der Waals surface area contributed by atoms with Gasteiger partial charge in [-0.2, -0.15) is 0 Å². The average molecular weight is 320 g/mol. The molecular formula is C19H20N4O. The summed E-state index contributed by atoms with van der Waals surface area (Å²) in [6.45, 7) is 3.63. The Bertz CT molecular complexity index is 733. The Balaban J connectivity index is 0.000000219. The number of hydrogen-bond donors (Lipinski definition) is 1. The number of carbonyl (C=O) groups is 1. The van der Waals surface area contributed by atoms with E-state index >= 15 is 0 Å². The van der Waals surface area contributed by atoms with E-state index < -0.39 is 0 Å². The lowest BCUT2D eigenvalue weighted by Crippen LogP contribution is -2.15. The molecule has 0 aromatic carbocycles. The van der Waals surface area contributed by atoms with Crippen molar-refractivity contribution in [3.05, 3.63) is 89.8 Å². The second-order valence-electron chi connectivity index (χ2n) is 5.06. The maximum absolute atomic E-state index is 9.94. The van der Waals surface area contributed by atoms with Gasteiger partial charge in [-0.05, 0) is 42.8 Å². The van der Waals surface area contributed by atoms with E-state index in [0.717, 1.165) is 30.8 Å². The quantitative estimate of drug-likeness (QED) is 0.732. The van der Waals surface area contributed by atoms with Crippen molar-refractivity contribution in [2.75, 3.05) is 0 Å². The molecular weight excluding hydrogens is 300 g/mol. The number of rotatable bonds is 5. The molecule has 24 heavy (non-hydrogen) atoms.